The van der Waals surface area contributed by atoms with Crippen LogP contribution in [0.1, 0.15) is 5.56 Å². The molecule has 0 spiro atoms. The van der Waals surface area contributed by atoms with Crippen LogP contribution in [0.25, 0.3) is 10.2 Å². The standard InChI is InChI=1S/C17H12ClN3O3S2/c18-11-6-14-13(23-9-24-14)5-10(11)7-19-21-16(22)8-25-17-20-12-3-1-2-4-15(12)26-17/h1-7H,8-9H2,(H,21,22)/b19-7+. The number of hydrogen-bond donors (Lipinski definition) is 1. The average molecular weight is 406 g/mol. The number of aromatic nitrogens is 1. The third-order valence-corrected chi connectivity index (χ3v) is 5.99. The molecule has 2 aromatic carbocycles. The number of hydrogen-bond acceptors (Lipinski definition) is 7. The van der Waals surface area contributed by atoms with Gasteiger partial charge >= 0.3 is 0 Å². The molecule has 0 aliphatic carbocycles. The van der Waals surface area contributed by atoms with E-state index in [4.69, 9.17) is 21.1 Å². The molecule has 0 atom stereocenters. The summed E-state index contributed by atoms with van der Waals surface area (Å²) in [4.78, 5) is 16.4. The molecule has 1 N–H and O–H groups in total. The fourth-order valence-corrected chi connectivity index (χ4v) is 4.34. The van der Waals surface area contributed by atoms with Crippen molar-refractivity contribution in [3.05, 3.63) is 47.0 Å². The van der Waals surface area contributed by atoms with Crippen LogP contribution in [0.4, 0.5) is 0 Å². The summed E-state index contributed by atoms with van der Waals surface area (Å²) in [6.07, 6.45) is 1.48. The minimum Gasteiger partial charge on any atom is -0.454 e. The topological polar surface area (TPSA) is 72.8 Å². The van der Waals surface area contributed by atoms with Crippen LogP contribution in [-0.2, 0) is 4.79 Å². The van der Waals surface area contributed by atoms with Crippen LogP contribution in [0.5, 0.6) is 11.5 Å². The van der Waals surface area contributed by atoms with Crippen LogP contribution in [-0.4, -0.2) is 29.7 Å². The molecule has 0 saturated heterocycles. The molecule has 4 rings (SSSR count). The van der Waals surface area contributed by atoms with Gasteiger partial charge in [0.05, 0.1) is 27.2 Å². The summed E-state index contributed by atoms with van der Waals surface area (Å²) in [6, 6.07) is 11.3. The van der Waals surface area contributed by atoms with Crippen molar-refractivity contribution >= 4 is 57.0 Å². The van der Waals surface area contributed by atoms with Gasteiger partial charge in [-0.3, -0.25) is 4.79 Å². The van der Waals surface area contributed by atoms with Gasteiger partial charge < -0.3 is 9.47 Å². The summed E-state index contributed by atoms with van der Waals surface area (Å²) in [5.74, 6) is 1.21. The first kappa shape index (κ1) is 17.1. The van der Waals surface area contributed by atoms with Gasteiger partial charge in [0.1, 0.15) is 0 Å². The van der Waals surface area contributed by atoms with Crippen LogP contribution < -0.4 is 14.9 Å². The van der Waals surface area contributed by atoms with Gasteiger partial charge in [0.2, 0.25) is 6.79 Å². The monoisotopic (exact) mass is 405 g/mol. The van der Waals surface area contributed by atoms with E-state index >= 15 is 0 Å². The lowest BCUT2D eigenvalue weighted by atomic mass is 10.2. The normalized spacial score (nSPS) is 12.8. The van der Waals surface area contributed by atoms with Crippen molar-refractivity contribution < 1.29 is 14.3 Å². The first-order chi connectivity index (χ1) is 12.7. The van der Waals surface area contributed by atoms with Crippen molar-refractivity contribution in [3.8, 4) is 11.5 Å². The van der Waals surface area contributed by atoms with Crippen LogP contribution in [0.15, 0.2) is 45.8 Å². The lowest BCUT2D eigenvalue weighted by Crippen LogP contribution is -2.19. The van der Waals surface area contributed by atoms with Crippen molar-refractivity contribution in [2.75, 3.05) is 12.5 Å². The van der Waals surface area contributed by atoms with Crippen LogP contribution in [0.2, 0.25) is 5.02 Å². The Morgan fingerprint density at radius 3 is 3.00 bits per heavy atom. The lowest BCUT2D eigenvalue weighted by Gasteiger charge is -2.01. The maximum Gasteiger partial charge on any atom is 0.250 e. The second-order valence-electron chi connectivity index (χ2n) is 5.26. The van der Waals surface area contributed by atoms with E-state index in [1.165, 1.54) is 18.0 Å². The largest absolute Gasteiger partial charge is 0.454 e. The van der Waals surface area contributed by atoms with Gasteiger partial charge in [0.15, 0.2) is 15.8 Å². The Morgan fingerprint density at radius 2 is 2.15 bits per heavy atom. The number of amides is 1. The maximum absolute atomic E-state index is 11.9. The summed E-state index contributed by atoms with van der Waals surface area (Å²) in [5.41, 5.74) is 4.06. The van der Waals surface area contributed by atoms with Crippen molar-refractivity contribution in [1.82, 2.24) is 10.4 Å². The van der Waals surface area contributed by atoms with Gasteiger partial charge in [0.25, 0.3) is 5.91 Å². The molecule has 1 aliphatic rings. The van der Waals surface area contributed by atoms with Crippen molar-refractivity contribution in [2.45, 2.75) is 4.34 Å². The first-order valence-electron chi connectivity index (χ1n) is 7.58. The minimum atomic E-state index is -0.220. The van der Waals surface area contributed by atoms with Gasteiger partial charge in [0, 0.05) is 11.6 Å². The van der Waals surface area contributed by atoms with Crippen LogP contribution in [0.3, 0.4) is 0 Å². The van der Waals surface area contributed by atoms with E-state index < -0.39 is 0 Å². The molecular weight excluding hydrogens is 394 g/mol. The smallest absolute Gasteiger partial charge is 0.250 e. The highest BCUT2D eigenvalue weighted by Gasteiger charge is 2.15. The third kappa shape index (κ3) is 3.77. The number of thiazole rings is 1. The zero-order valence-corrected chi connectivity index (χ0v) is 15.7. The van der Waals surface area contributed by atoms with E-state index in [0.717, 1.165) is 14.6 Å². The number of nitrogens with zero attached hydrogens (tertiary/aromatic N) is 2. The molecule has 3 aromatic rings. The number of rotatable bonds is 5. The van der Waals surface area contributed by atoms with Gasteiger partial charge in [-0.2, -0.15) is 5.10 Å². The fraction of sp³-hybridized carbons (Fsp3) is 0.118. The van der Waals surface area contributed by atoms with E-state index in [0.29, 0.717) is 22.1 Å². The molecule has 0 bridgehead atoms. The number of carbonyl (C=O) groups excluding carboxylic acids is 1. The number of para-hydroxylation sites is 1. The zero-order chi connectivity index (χ0) is 17.9. The maximum atomic E-state index is 11.9. The number of ether oxygens (including phenoxy) is 2. The highest BCUT2D eigenvalue weighted by molar-refractivity contribution is 8.01. The Morgan fingerprint density at radius 1 is 1.35 bits per heavy atom. The number of fused-ring (bicyclic) bond motifs is 2. The Balaban J connectivity index is 1.33. The van der Waals surface area contributed by atoms with Crippen molar-refractivity contribution in [1.29, 1.82) is 0 Å². The molecule has 0 unspecified atom stereocenters. The van der Waals surface area contributed by atoms with E-state index in [-0.39, 0.29) is 18.5 Å². The van der Waals surface area contributed by atoms with E-state index in [9.17, 15) is 4.79 Å². The predicted octanol–water partition coefficient (Wildman–Crippen LogP) is 3.92. The molecule has 0 radical (unpaired) electrons. The van der Waals surface area contributed by atoms with Gasteiger partial charge in [-0.15, -0.1) is 11.3 Å². The van der Waals surface area contributed by atoms with Crippen LogP contribution in [0, 0.1) is 0 Å². The van der Waals surface area contributed by atoms with Crippen molar-refractivity contribution in [3.63, 3.8) is 0 Å². The number of benzene rings is 2. The lowest BCUT2D eigenvalue weighted by molar-refractivity contribution is -0.118. The Hall–Kier alpha value is -2.29. The molecular formula is C17H12ClN3O3S2. The summed E-state index contributed by atoms with van der Waals surface area (Å²) in [5, 5.41) is 4.42. The fourth-order valence-electron chi connectivity index (χ4n) is 2.28. The van der Waals surface area contributed by atoms with E-state index in [2.05, 4.69) is 15.5 Å². The van der Waals surface area contributed by atoms with Crippen molar-refractivity contribution in [2.24, 2.45) is 5.10 Å². The third-order valence-electron chi connectivity index (χ3n) is 3.49. The minimum absolute atomic E-state index is 0.173. The number of carbonyl (C=O) groups is 1. The zero-order valence-electron chi connectivity index (χ0n) is 13.3. The van der Waals surface area contributed by atoms with E-state index in [1.807, 2.05) is 24.3 Å². The number of hydrazone groups is 1. The molecule has 26 heavy (non-hydrogen) atoms. The predicted molar refractivity (Wildman–Crippen MR) is 104 cm³/mol. The molecule has 132 valence electrons. The molecule has 0 fully saturated rings. The van der Waals surface area contributed by atoms with Gasteiger partial charge in [-0.1, -0.05) is 35.5 Å². The molecule has 1 amide bonds. The SMILES string of the molecule is O=C(CSc1nc2ccccc2s1)N/N=C/c1cc2c(cc1Cl)OCO2. The van der Waals surface area contributed by atoms with Gasteiger partial charge in [-0.05, 0) is 18.2 Å². The molecule has 6 nitrogen and oxygen atoms in total. The summed E-state index contributed by atoms with van der Waals surface area (Å²) in [7, 11) is 0. The van der Waals surface area contributed by atoms with Gasteiger partial charge in [-0.25, -0.2) is 10.4 Å². The Bertz CT molecular complexity index is 973. The average Bonchev–Trinajstić information content (AvgIpc) is 3.25. The highest BCUT2D eigenvalue weighted by atomic mass is 35.5. The number of nitrogens with one attached hydrogen (secondary N) is 1. The number of halogens is 1. The molecule has 1 aromatic heterocycles. The first-order valence-corrected chi connectivity index (χ1v) is 9.76. The Kier molecular flexibility index (Phi) is 4.96. The molecule has 1 aliphatic heterocycles. The summed E-state index contributed by atoms with van der Waals surface area (Å²) >= 11 is 9.09. The molecule has 2 heterocycles. The van der Waals surface area contributed by atoms with E-state index in [1.54, 1.807) is 23.5 Å². The quantitative estimate of drug-likeness (QED) is 0.395. The summed E-state index contributed by atoms with van der Waals surface area (Å²) in [6.45, 7) is 0.173. The highest BCUT2D eigenvalue weighted by Crippen LogP contribution is 2.36. The molecule has 0 saturated carbocycles. The number of thioether (sulfide) groups is 1. The second kappa shape index (κ2) is 7.53. The van der Waals surface area contributed by atoms with Crippen LogP contribution >= 0.6 is 34.7 Å². The Labute approximate surface area is 162 Å². The summed E-state index contributed by atoms with van der Waals surface area (Å²) < 4.78 is 12.5. The second-order valence-corrected chi connectivity index (χ2v) is 7.92. The molecule has 9 heteroatoms.